The Morgan fingerprint density at radius 1 is 1.22 bits per heavy atom. The third-order valence-electron chi connectivity index (χ3n) is 7.33. The van der Waals surface area contributed by atoms with Gasteiger partial charge in [-0.3, -0.25) is 14.6 Å². The molecule has 198 valence electrons. The van der Waals surface area contributed by atoms with Crippen LogP contribution in [0.15, 0.2) is 24.3 Å². The second-order valence-electron chi connectivity index (χ2n) is 9.65. The minimum Gasteiger partial charge on any atom is -0.395 e. The third kappa shape index (κ3) is 6.51. The van der Waals surface area contributed by atoms with E-state index in [4.69, 9.17) is 28.9 Å². The van der Waals surface area contributed by atoms with Crippen LogP contribution in [0, 0.1) is 12.3 Å². The average molecular weight is 526 g/mol. The van der Waals surface area contributed by atoms with Gasteiger partial charge in [-0.2, -0.15) is 0 Å². The van der Waals surface area contributed by atoms with Crippen LogP contribution < -0.4 is 16.0 Å². The number of anilines is 2. The van der Waals surface area contributed by atoms with Crippen LogP contribution in [0.2, 0.25) is 5.15 Å². The molecule has 2 saturated heterocycles. The van der Waals surface area contributed by atoms with Gasteiger partial charge in [0.05, 0.1) is 6.61 Å². The van der Waals surface area contributed by atoms with Gasteiger partial charge in [0.25, 0.3) is 5.91 Å². The number of rotatable bonds is 8. The summed E-state index contributed by atoms with van der Waals surface area (Å²) < 4.78 is 0. The predicted molar refractivity (Wildman–Crippen MR) is 147 cm³/mol. The van der Waals surface area contributed by atoms with Crippen LogP contribution in [-0.2, 0) is 6.54 Å². The summed E-state index contributed by atoms with van der Waals surface area (Å²) in [6.45, 7) is 7.71. The lowest BCUT2D eigenvalue weighted by atomic mass is 9.97. The Morgan fingerprint density at radius 3 is 2.59 bits per heavy atom. The molecule has 2 fully saturated rings. The maximum Gasteiger partial charge on any atom is 0.273 e. The van der Waals surface area contributed by atoms with Crippen molar-refractivity contribution in [1.29, 1.82) is 0 Å². The summed E-state index contributed by atoms with van der Waals surface area (Å²) in [5, 5.41) is 11.6. The predicted octanol–water partition coefficient (Wildman–Crippen LogP) is 1.98. The fraction of sp³-hybridized carbons (Fsp3) is 0.519. The number of likely N-dealkylation sites (tertiary alicyclic amines) is 1. The number of amides is 1. The number of aliphatic hydroxyl groups is 1. The molecule has 37 heavy (non-hydrogen) atoms. The first-order valence-electron chi connectivity index (χ1n) is 12.9. The molecule has 0 aliphatic carbocycles. The summed E-state index contributed by atoms with van der Waals surface area (Å²) in [7, 11) is 0. The molecule has 0 saturated carbocycles. The third-order valence-corrected chi connectivity index (χ3v) is 7.58. The summed E-state index contributed by atoms with van der Waals surface area (Å²) in [4.78, 5) is 28.2. The van der Waals surface area contributed by atoms with E-state index in [1.54, 1.807) is 0 Å². The van der Waals surface area contributed by atoms with E-state index in [2.05, 4.69) is 55.0 Å². The number of carbonyl (C=O) groups is 1. The highest BCUT2D eigenvalue weighted by Crippen LogP contribution is 2.30. The molecule has 1 amide bonds. The Morgan fingerprint density at radius 2 is 1.95 bits per heavy atom. The molecule has 1 atom stereocenters. The molecule has 0 bridgehead atoms. The Labute approximate surface area is 224 Å². The van der Waals surface area contributed by atoms with Gasteiger partial charge in [-0.25, -0.2) is 9.97 Å². The highest BCUT2D eigenvalue weighted by atomic mass is 35.5. The van der Waals surface area contributed by atoms with Gasteiger partial charge in [0.15, 0.2) is 22.5 Å². The fourth-order valence-corrected chi connectivity index (χ4v) is 5.57. The van der Waals surface area contributed by atoms with Crippen molar-refractivity contribution in [3.05, 3.63) is 46.2 Å². The smallest absolute Gasteiger partial charge is 0.273 e. The number of nitrogens with one attached hydrogen (secondary N) is 1. The molecule has 10 heteroatoms. The number of halogens is 1. The second-order valence-corrected chi connectivity index (χ2v) is 10.0. The van der Waals surface area contributed by atoms with Crippen LogP contribution >= 0.6 is 11.6 Å². The molecule has 2 aromatic rings. The van der Waals surface area contributed by atoms with E-state index in [1.807, 2.05) is 12.1 Å². The average Bonchev–Trinajstić information content (AvgIpc) is 2.93. The SMILES string of the molecule is C#Cc1ccc(CN2CCC(N3CCN(c4nc(N)c(C(=O)NCCO)nc4Cl)C[C@@H]3CC)CC2)cc1. The first-order chi connectivity index (χ1) is 17.9. The van der Waals surface area contributed by atoms with Gasteiger partial charge >= 0.3 is 0 Å². The van der Waals surface area contributed by atoms with E-state index in [1.165, 1.54) is 5.56 Å². The molecule has 1 aromatic heterocycles. The monoisotopic (exact) mass is 525 g/mol. The summed E-state index contributed by atoms with van der Waals surface area (Å²) in [6, 6.07) is 9.20. The standard InChI is InChI=1S/C27H36ClN7O2/c1-3-19-5-7-20(8-6-19)17-33-12-9-22(10-13-33)35-15-14-34(18-21(35)4-2)26-24(28)31-23(25(29)32-26)27(37)30-11-16-36/h1,5-8,21-22,36H,4,9-18H2,2H3,(H2,29,32)(H,30,37)/t21-/m0/s1. The number of hydrogen-bond donors (Lipinski definition) is 3. The lowest BCUT2D eigenvalue weighted by Crippen LogP contribution is -2.58. The van der Waals surface area contributed by atoms with Gasteiger partial charge in [-0.1, -0.05) is 36.6 Å². The van der Waals surface area contributed by atoms with Crippen molar-refractivity contribution in [2.45, 2.75) is 44.8 Å². The topological polar surface area (TPSA) is 111 Å². The molecule has 4 rings (SSSR count). The number of piperidine rings is 1. The molecule has 2 aliphatic rings. The van der Waals surface area contributed by atoms with Crippen LogP contribution in [0.3, 0.4) is 0 Å². The zero-order valence-corrected chi connectivity index (χ0v) is 22.1. The maximum atomic E-state index is 12.2. The Hall–Kier alpha value is -2.90. The van der Waals surface area contributed by atoms with Gasteiger partial charge in [0.2, 0.25) is 0 Å². The van der Waals surface area contributed by atoms with Crippen LogP contribution in [0.5, 0.6) is 0 Å². The quantitative estimate of drug-likeness (QED) is 0.449. The van der Waals surface area contributed by atoms with Gasteiger partial charge in [-0.15, -0.1) is 6.42 Å². The number of aromatic nitrogens is 2. The van der Waals surface area contributed by atoms with Crippen molar-refractivity contribution < 1.29 is 9.90 Å². The molecule has 4 N–H and O–H groups in total. The van der Waals surface area contributed by atoms with Gasteiger partial charge < -0.3 is 21.1 Å². The van der Waals surface area contributed by atoms with E-state index in [-0.39, 0.29) is 29.8 Å². The molecule has 9 nitrogen and oxygen atoms in total. The fourth-order valence-electron chi connectivity index (χ4n) is 5.32. The van der Waals surface area contributed by atoms with E-state index in [0.29, 0.717) is 17.9 Å². The highest BCUT2D eigenvalue weighted by molar-refractivity contribution is 6.32. The van der Waals surface area contributed by atoms with E-state index >= 15 is 0 Å². The van der Waals surface area contributed by atoms with Crippen LogP contribution in [0.4, 0.5) is 11.6 Å². The number of carbonyl (C=O) groups excluding carboxylic acids is 1. The zero-order valence-electron chi connectivity index (χ0n) is 21.4. The first kappa shape index (κ1) is 27.1. The first-order valence-corrected chi connectivity index (χ1v) is 13.3. The van der Waals surface area contributed by atoms with Gasteiger partial charge in [0, 0.05) is 50.4 Å². The molecular weight excluding hydrogens is 490 g/mol. The number of hydrogen-bond acceptors (Lipinski definition) is 8. The van der Waals surface area contributed by atoms with Crippen molar-refractivity contribution in [3.8, 4) is 12.3 Å². The maximum absolute atomic E-state index is 12.2. The summed E-state index contributed by atoms with van der Waals surface area (Å²) in [5.41, 5.74) is 8.25. The van der Waals surface area contributed by atoms with Gasteiger partial charge in [-0.05, 0) is 50.0 Å². The molecule has 2 aliphatic heterocycles. The number of benzene rings is 1. The van der Waals surface area contributed by atoms with E-state index in [0.717, 1.165) is 64.1 Å². The number of nitrogens with zero attached hydrogens (tertiary/aromatic N) is 5. The lowest BCUT2D eigenvalue weighted by molar-refractivity contribution is 0.0610. The van der Waals surface area contributed by atoms with E-state index in [9.17, 15) is 4.79 Å². The normalized spacial score (nSPS) is 19.5. The Bertz CT molecular complexity index is 1110. The van der Waals surface area contributed by atoms with Crippen molar-refractivity contribution >= 4 is 29.1 Å². The zero-order chi connectivity index (χ0) is 26.4. The Balaban J connectivity index is 1.35. The van der Waals surface area contributed by atoms with Crippen molar-refractivity contribution in [2.24, 2.45) is 0 Å². The van der Waals surface area contributed by atoms with Crippen LogP contribution in [0.1, 0.15) is 47.8 Å². The molecule has 0 spiro atoms. The Kier molecular flexibility index (Phi) is 9.22. The summed E-state index contributed by atoms with van der Waals surface area (Å²) in [6.07, 6.45) is 8.77. The number of nitrogens with two attached hydrogens (primary N) is 1. The minimum atomic E-state index is -0.500. The van der Waals surface area contributed by atoms with Crippen molar-refractivity contribution in [2.75, 3.05) is 56.5 Å². The lowest BCUT2D eigenvalue weighted by Gasteiger charge is -2.47. The molecule has 1 aromatic carbocycles. The number of piperazine rings is 1. The largest absolute Gasteiger partial charge is 0.395 e. The number of terminal acetylenes is 1. The molecular formula is C27H36ClN7O2. The van der Waals surface area contributed by atoms with Crippen LogP contribution in [0.25, 0.3) is 0 Å². The van der Waals surface area contributed by atoms with E-state index < -0.39 is 5.91 Å². The van der Waals surface area contributed by atoms with Crippen molar-refractivity contribution in [3.63, 3.8) is 0 Å². The number of nitrogen functional groups attached to an aromatic ring is 1. The summed E-state index contributed by atoms with van der Waals surface area (Å²) in [5.74, 6) is 2.72. The highest BCUT2D eigenvalue weighted by Gasteiger charge is 2.34. The molecule has 3 heterocycles. The molecule has 0 radical (unpaired) electrons. The molecule has 0 unspecified atom stereocenters. The van der Waals surface area contributed by atoms with Crippen molar-refractivity contribution in [1.82, 2.24) is 25.1 Å². The van der Waals surface area contributed by atoms with Crippen LogP contribution in [-0.4, -0.2) is 88.7 Å². The number of aliphatic hydroxyl groups excluding tert-OH is 1. The second kappa shape index (κ2) is 12.6. The minimum absolute atomic E-state index is 0.0216. The van der Waals surface area contributed by atoms with Gasteiger partial charge in [0.1, 0.15) is 0 Å². The summed E-state index contributed by atoms with van der Waals surface area (Å²) >= 11 is 6.46.